The number of unbranched alkanes of at least 4 members (excludes halogenated alkanes) is 4. The Bertz CT molecular complexity index is 153. The van der Waals surface area contributed by atoms with Crippen LogP contribution in [0.3, 0.4) is 0 Å². The van der Waals surface area contributed by atoms with Gasteiger partial charge in [-0.15, -0.1) is 0 Å². The van der Waals surface area contributed by atoms with E-state index in [9.17, 15) is 0 Å². The van der Waals surface area contributed by atoms with Crippen molar-refractivity contribution in [3.05, 3.63) is 0 Å². The summed E-state index contributed by atoms with van der Waals surface area (Å²) in [7, 11) is 0. The molecule has 0 bridgehead atoms. The van der Waals surface area contributed by atoms with Crippen LogP contribution in [0.15, 0.2) is 0 Å². The molecule has 0 aromatic rings. The number of rotatable bonds is 8. The predicted octanol–water partition coefficient (Wildman–Crippen LogP) is 3.03. The Morgan fingerprint density at radius 3 is 2.56 bits per heavy atom. The standard InChI is InChI=1S/C14H30N2/c1-3-5-6-7-8-12-16(4-2)14-10-9-11-15-13-14/h14-15H,3-13H2,1-2H3. The van der Waals surface area contributed by atoms with Crippen LogP contribution < -0.4 is 5.32 Å². The molecule has 96 valence electrons. The van der Waals surface area contributed by atoms with Gasteiger partial charge < -0.3 is 5.32 Å². The van der Waals surface area contributed by atoms with Gasteiger partial charge in [0.05, 0.1) is 0 Å². The van der Waals surface area contributed by atoms with E-state index < -0.39 is 0 Å². The van der Waals surface area contributed by atoms with Crippen molar-refractivity contribution in [2.24, 2.45) is 0 Å². The highest BCUT2D eigenvalue weighted by molar-refractivity contribution is 4.77. The molecule has 2 heteroatoms. The van der Waals surface area contributed by atoms with E-state index in [4.69, 9.17) is 0 Å². The molecule has 0 radical (unpaired) electrons. The van der Waals surface area contributed by atoms with E-state index in [0.29, 0.717) is 0 Å². The molecule has 0 saturated carbocycles. The summed E-state index contributed by atoms with van der Waals surface area (Å²) in [6, 6.07) is 0.810. The maximum absolute atomic E-state index is 3.52. The minimum Gasteiger partial charge on any atom is -0.315 e. The summed E-state index contributed by atoms with van der Waals surface area (Å²) in [6.45, 7) is 9.56. The highest BCUT2D eigenvalue weighted by atomic mass is 15.2. The quantitative estimate of drug-likeness (QED) is 0.640. The van der Waals surface area contributed by atoms with Crippen LogP contribution in [-0.2, 0) is 0 Å². The van der Waals surface area contributed by atoms with Gasteiger partial charge in [0.25, 0.3) is 0 Å². The number of nitrogens with one attached hydrogen (secondary N) is 1. The van der Waals surface area contributed by atoms with Crippen molar-refractivity contribution < 1.29 is 0 Å². The Morgan fingerprint density at radius 2 is 1.94 bits per heavy atom. The first-order valence-corrected chi connectivity index (χ1v) is 7.33. The number of piperidine rings is 1. The minimum absolute atomic E-state index is 0.810. The van der Waals surface area contributed by atoms with Crippen LogP contribution in [0.1, 0.15) is 58.8 Å². The lowest BCUT2D eigenvalue weighted by atomic mass is 10.0. The van der Waals surface area contributed by atoms with E-state index in [1.165, 1.54) is 71.1 Å². The van der Waals surface area contributed by atoms with Gasteiger partial charge in [0.2, 0.25) is 0 Å². The molecule has 1 fully saturated rings. The van der Waals surface area contributed by atoms with Gasteiger partial charge in [0.15, 0.2) is 0 Å². The monoisotopic (exact) mass is 226 g/mol. The number of hydrogen-bond donors (Lipinski definition) is 1. The van der Waals surface area contributed by atoms with Gasteiger partial charge in [0, 0.05) is 12.6 Å². The van der Waals surface area contributed by atoms with E-state index in [0.717, 1.165) is 6.04 Å². The summed E-state index contributed by atoms with van der Waals surface area (Å²) in [5.41, 5.74) is 0. The van der Waals surface area contributed by atoms with Gasteiger partial charge in [-0.3, -0.25) is 4.90 Å². The zero-order chi connectivity index (χ0) is 11.6. The van der Waals surface area contributed by atoms with Crippen molar-refractivity contribution >= 4 is 0 Å². The largest absolute Gasteiger partial charge is 0.315 e. The molecule has 1 N–H and O–H groups in total. The van der Waals surface area contributed by atoms with E-state index in [2.05, 4.69) is 24.1 Å². The summed E-state index contributed by atoms with van der Waals surface area (Å²) in [5.74, 6) is 0. The molecule has 2 nitrogen and oxygen atoms in total. The topological polar surface area (TPSA) is 15.3 Å². The van der Waals surface area contributed by atoms with Crippen LogP contribution in [0.4, 0.5) is 0 Å². The Kier molecular flexibility index (Phi) is 7.87. The predicted molar refractivity (Wildman–Crippen MR) is 71.9 cm³/mol. The fourth-order valence-corrected chi connectivity index (χ4v) is 2.66. The first-order valence-electron chi connectivity index (χ1n) is 7.33. The second-order valence-electron chi connectivity index (χ2n) is 5.04. The molecule has 0 spiro atoms. The third-order valence-corrected chi connectivity index (χ3v) is 3.74. The summed E-state index contributed by atoms with van der Waals surface area (Å²) in [6.07, 6.45) is 9.76. The van der Waals surface area contributed by atoms with Gasteiger partial charge >= 0.3 is 0 Å². The first kappa shape index (κ1) is 14.0. The maximum atomic E-state index is 3.52. The molecule has 0 aromatic heterocycles. The third-order valence-electron chi connectivity index (χ3n) is 3.74. The van der Waals surface area contributed by atoms with Crippen molar-refractivity contribution in [1.29, 1.82) is 0 Å². The van der Waals surface area contributed by atoms with E-state index in [1.54, 1.807) is 0 Å². The second-order valence-corrected chi connectivity index (χ2v) is 5.04. The van der Waals surface area contributed by atoms with Crippen LogP contribution in [0, 0.1) is 0 Å². The molecule has 1 atom stereocenters. The van der Waals surface area contributed by atoms with Gasteiger partial charge in [-0.25, -0.2) is 0 Å². The lowest BCUT2D eigenvalue weighted by Gasteiger charge is -2.33. The third kappa shape index (κ3) is 5.31. The molecule has 1 unspecified atom stereocenters. The Labute approximate surface area is 102 Å². The average Bonchev–Trinajstić information content (AvgIpc) is 2.35. The van der Waals surface area contributed by atoms with E-state index in [-0.39, 0.29) is 0 Å². The molecular weight excluding hydrogens is 196 g/mol. The minimum atomic E-state index is 0.810. The normalized spacial score (nSPS) is 21.6. The molecule has 0 amide bonds. The van der Waals surface area contributed by atoms with Crippen LogP contribution in [0.5, 0.6) is 0 Å². The maximum Gasteiger partial charge on any atom is 0.0220 e. The summed E-state index contributed by atoms with van der Waals surface area (Å²) < 4.78 is 0. The van der Waals surface area contributed by atoms with Gasteiger partial charge in [-0.05, 0) is 38.9 Å². The van der Waals surface area contributed by atoms with Crippen LogP contribution in [0.2, 0.25) is 0 Å². The number of hydrogen-bond acceptors (Lipinski definition) is 2. The van der Waals surface area contributed by atoms with Crippen molar-refractivity contribution in [1.82, 2.24) is 10.2 Å². The van der Waals surface area contributed by atoms with Crippen molar-refractivity contribution in [2.75, 3.05) is 26.2 Å². The van der Waals surface area contributed by atoms with Gasteiger partial charge in [-0.2, -0.15) is 0 Å². The first-order chi connectivity index (χ1) is 7.88. The lowest BCUT2D eigenvalue weighted by Crippen LogP contribution is -2.46. The van der Waals surface area contributed by atoms with Crippen molar-refractivity contribution in [3.8, 4) is 0 Å². The van der Waals surface area contributed by atoms with Crippen molar-refractivity contribution in [2.45, 2.75) is 64.8 Å². The molecule has 1 rings (SSSR count). The summed E-state index contributed by atoms with van der Waals surface area (Å²) >= 11 is 0. The molecule has 1 heterocycles. The molecule has 16 heavy (non-hydrogen) atoms. The summed E-state index contributed by atoms with van der Waals surface area (Å²) in [5, 5.41) is 3.52. The molecular formula is C14H30N2. The van der Waals surface area contributed by atoms with Crippen LogP contribution >= 0.6 is 0 Å². The molecule has 1 aliphatic heterocycles. The van der Waals surface area contributed by atoms with Crippen molar-refractivity contribution in [3.63, 3.8) is 0 Å². The second kappa shape index (κ2) is 9.00. The molecule has 1 aliphatic rings. The Morgan fingerprint density at radius 1 is 1.12 bits per heavy atom. The zero-order valence-corrected chi connectivity index (χ0v) is 11.3. The molecule has 0 aliphatic carbocycles. The van der Waals surface area contributed by atoms with E-state index >= 15 is 0 Å². The smallest absolute Gasteiger partial charge is 0.0220 e. The van der Waals surface area contributed by atoms with Crippen LogP contribution in [-0.4, -0.2) is 37.1 Å². The number of nitrogens with zero attached hydrogens (tertiary/aromatic N) is 1. The fraction of sp³-hybridized carbons (Fsp3) is 1.00. The number of likely N-dealkylation sites (N-methyl/N-ethyl adjacent to an activating group) is 1. The molecule has 0 aromatic carbocycles. The fourth-order valence-electron chi connectivity index (χ4n) is 2.66. The SMILES string of the molecule is CCCCCCCN(CC)C1CCCNC1. The molecule has 1 saturated heterocycles. The Balaban J connectivity index is 2.10. The van der Waals surface area contributed by atoms with Gasteiger partial charge in [-0.1, -0.05) is 39.5 Å². The average molecular weight is 226 g/mol. The Hall–Kier alpha value is -0.0800. The highest BCUT2D eigenvalue weighted by Crippen LogP contribution is 2.12. The lowest BCUT2D eigenvalue weighted by molar-refractivity contribution is 0.170. The van der Waals surface area contributed by atoms with Crippen LogP contribution in [0.25, 0.3) is 0 Å². The van der Waals surface area contributed by atoms with Gasteiger partial charge in [0.1, 0.15) is 0 Å². The van der Waals surface area contributed by atoms with E-state index in [1.807, 2.05) is 0 Å². The highest BCUT2D eigenvalue weighted by Gasteiger charge is 2.18. The zero-order valence-electron chi connectivity index (χ0n) is 11.3. The summed E-state index contributed by atoms with van der Waals surface area (Å²) in [4.78, 5) is 2.68.